The molecule has 2 rings (SSSR count). The van der Waals surface area contributed by atoms with Gasteiger partial charge in [0.2, 0.25) is 0 Å². The average molecular weight is 196 g/mol. The molecule has 2 nitrogen and oxygen atoms in total. The highest BCUT2D eigenvalue weighted by Crippen LogP contribution is 2.51. The SMILES string of the molecule is CC1CC(NCC2CC2(C)C)CCN1. The van der Waals surface area contributed by atoms with Gasteiger partial charge in [-0.1, -0.05) is 13.8 Å². The summed E-state index contributed by atoms with van der Waals surface area (Å²) in [5, 5.41) is 7.22. The summed E-state index contributed by atoms with van der Waals surface area (Å²) in [7, 11) is 0. The van der Waals surface area contributed by atoms with Crippen molar-refractivity contribution in [1.82, 2.24) is 10.6 Å². The Morgan fingerprint density at radius 1 is 1.43 bits per heavy atom. The van der Waals surface area contributed by atoms with Gasteiger partial charge in [0.1, 0.15) is 0 Å². The molecule has 82 valence electrons. The first kappa shape index (κ1) is 10.4. The van der Waals surface area contributed by atoms with Crippen LogP contribution in [0.4, 0.5) is 0 Å². The summed E-state index contributed by atoms with van der Waals surface area (Å²) < 4.78 is 0. The molecule has 0 radical (unpaired) electrons. The minimum absolute atomic E-state index is 0.630. The molecule has 3 unspecified atom stereocenters. The highest BCUT2D eigenvalue weighted by atomic mass is 15.0. The lowest BCUT2D eigenvalue weighted by Crippen LogP contribution is -2.45. The van der Waals surface area contributed by atoms with Gasteiger partial charge in [-0.2, -0.15) is 0 Å². The number of piperidine rings is 1. The molecule has 3 atom stereocenters. The Balaban J connectivity index is 1.66. The first-order chi connectivity index (χ1) is 6.58. The van der Waals surface area contributed by atoms with Crippen molar-refractivity contribution in [3.05, 3.63) is 0 Å². The van der Waals surface area contributed by atoms with Crippen LogP contribution in [0.2, 0.25) is 0 Å². The van der Waals surface area contributed by atoms with E-state index in [-0.39, 0.29) is 0 Å². The zero-order valence-electron chi connectivity index (χ0n) is 9.77. The highest BCUT2D eigenvalue weighted by molar-refractivity contribution is 4.97. The summed E-state index contributed by atoms with van der Waals surface area (Å²) in [4.78, 5) is 0. The molecule has 0 aromatic rings. The fraction of sp³-hybridized carbons (Fsp3) is 1.00. The van der Waals surface area contributed by atoms with E-state index in [4.69, 9.17) is 0 Å². The van der Waals surface area contributed by atoms with Gasteiger partial charge in [-0.15, -0.1) is 0 Å². The number of hydrogen-bond donors (Lipinski definition) is 2. The third kappa shape index (κ3) is 2.48. The zero-order chi connectivity index (χ0) is 10.2. The molecule has 0 bridgehead atoms. The molecule has 1 saturated carbocycles. The van der Waals surface area contributed by atoms with Crippen LogP contribution in [0.25, 0.3) is 0 Å². The molecule has 2 fully saturated rings. The Morgan fingerprint density at radius 3 is 2.71 bits per heavy atom. The summed E-state index contributed by atoms with van der Waals surface area (Å²) in [6.07, 6.45) is 4.02. The Bertz CT molecular complexity index is 200. The topological polar surface area (TPSA) is 24.1 Å². The van der Waals surface area contributed by atoms with Gasteiger partial charge in [0.25, 0.3) is 0 Å². The van der Waals surface area contributed by atoms with Crippen LogP contribution >= 0.6 is 0 Å². The summed E-state index contributed by atoms with van der Waals surface area (Å²) in [5.74, 6) is 0.938. The molecule has 0 aromatic carbocycles. The second kappa shape index (κ2) is 3.82. The van der Waals surface area contributed by atoms with Crippen molar-refractivity contribution in [2.75, 3.05) is 13.1 Å². The van der Waals surface area contributed by atoms with Gasteiger partial charge < -0.3 is 10.6 Å². The maximum absolute atomic E-state index is 3.73. The second-order valence-electron chi connectivity index (χ2n) is 5.87. The molecule has 0 amide bonds. The predicted molar refractivity (Wildman–Crippen MR) is 60.4 cm³/mol. The molecular weight excluding hydrogens is 172 g/mol. The summed E-state index contributed by atoms with van der Waals surface area (Å²) >= 11 is 0. The molecule has 1 aliphatic heterocycles. The molecule has 1 heterocycles. The van der Waals surface area contributed by atoms with E-state index >= 15 is 0 Å². The monoisotopic (exact) mass is 196 g/mol. The predicted octanol–water partition coefficient (Wildman–Crippen LogP) is 1.76. The second-order valence-corrected chi connectivity index (χ2v) is 5.87. The van der Waals surface area contributed by atoms with Crippen LogP contribution in [0.5, 0.6) is 0 Å². The van der Waals surface area contributed by atoms with E-state index in [1.165, 1.54) is 32.4 Å². The van der Waals surface area contributed by atoms with Crippen molar-refractivity contribution in [1.29, 1.82) is 0 Å². The number of nitrogens with one attached hydrogen (secondary N) is 2. The minimum atomic E-state index is 0.630. The lowest BCUT2D eigenvalue weighted by atomic mass is 10.0. The van der Waals surface area contributed by atoms with Gasteiger partial charge in [-0.3, -0.25) is 0 Å². The summed E-state index contributed by atoms with van der Waals surface area (Å²) in [6.45, 7) is 9.47. The number of hydrogen-bond acceptors (Lipinski definition) is 2. The maximum Gasteiger partial charge on any atom is 0.00939 e. The van der Waals surface area contributed by atoms with E-state index in [0.717, 1.165) is 12.0 Å². The zero-order valence-corrected chi connectivity index (χ0v) is 9.77. The van der Waals surface area contributed by atoms with Crippen LogP contribution in [0.1, 0.15) is 40.0 Å². The van der Waals surface area contributed by atoms with Crippen molar-refractivity contribution >= 4 is 0 Å². The van der Waals surface area contributed by atoms with Crippen LogP contribution in [0, 0.1) is 11.3 Å². The van der Waals surface area contributed by atoms with Crippen molar-refractivity contribution < 1.29 is 0 Å². The average Bonchev–Trinajstić information content (AvgIpc) is 2.71. The van der Waals surface area contributed by atoms with Crippen molar-refractivity contribution in [2.45, 2.75) is 52.1 Å². The molecule has 1 saturated heterocycles. The first-order valence-electron chi connectivity index (χ1n) is 6.05. The van der Waals surface area contributed by atoms with E-state index < -0.39 is 0 Å². The normalized spacial score (nSPS) is 40.9. The van der Waals surface area contributed by atoms with Gasteiger partial charge in [0.05, 0.1) is 0 Å². The van der Waals surface area contributed by atoms with Gasteiger partial charge in [-0.25, -0.2) is 0 Å². The van der Waals surface area contributed by atoms with Crippen LogP contribution in [0.3, 0.4) is 0 Å². The minimum Gasteiger partial charge on any atom is -0.314 e. The molecule has 14 heavy (non-hydrogen) atoms. The fourth-order valence-corrected chi connectivity index (χ4v) is 2.55. The Morgan fingerprint density at radius 2 is 2.14 bits per heavy atom. The third-order valence-electron chi connectivity index (χ3n) is 3.99. The molecule has 0 spiro atoms. The molecule has 1 aliphatic carbocycles. The van der Waals surface area contributed by atoms with Crippen molar-refractivity contribution in [3.8, 4) is 0 Å². The van der Waals surface area contributed by atoms with Crippen LogP contribution in [0.15, 0.2) is 0 Å². The lowest BCUT2D eigenvalue weighted by Gasteiger charge is -2.29. The third-order valence-corrected chi connectivity index (χ3v) is 3.99. The van der Waals surface area contributed by atoms with E-state index in [1.807, 2.05) is 0 Å². The van der Waals surface area contributed by atoms with Gasteiger partial charge >= 0.3 is 0 Å². The van der Waals surface area contributed by atoms with E-state index in [2.05, 4.69) is 31.4 Å². The van der Waals surface area contributed by atoms with Crippen molar-refractivity contribution in [3.63, 3.8) is 0 Å². The summed E-state index contributed by atoms with van der Waals surface area (Å²) in [6, 6.07) is 1.47. The van der Waals surface area contributed by atoms with Crippen LogP contribution in [-0.4, -0.2) is 25.2 Å². The molecule has 0 aromatic heterocycles. The fourth-order valence-electron chi connectivity index (χ4n) is 2.55. The maximum atomic E-state index is 3.73. The lowest BCUT2D eigenvalue weighted by molar-refractivity contribution is 0.324. The van der Waals surface area contributed by atoms with Gasteiger partial charge in [0, 0.05) is 12.1 Å². The Hall–Kier alpha value is -0.0800. The highest BCUT2D eigenvalue weighted by Gasteiger charge is 2.45. The quantitative estimate of drug-likeness (QED) is 0.719. The van der Waals surface area contributed by atoms with Crippen LogP contribution < -0.4 is 10.6 Å². The molecular formula is C12H24N2. The Labute approximate surface area is 87.8 Å². The van der Waals surface area contributed by atoms with E-state index in [1.54, 1.807) is 0 Å². The smallest absolute Gasteiger partial charge is 0.00939 e. The van der Waals surface area contributed by atoms with E-state index in [9.17, 15) is 0 Å². The molecule has 2 N–H and O–H groups in total. The first-order valence-corrected chi connectivity index (χ1v) is 6.05. The van der Waals surface area contributed by atoms with Gasteiger partial charge in [0.15, 0.2) is 0 Å². The standard InChI is InChI=1S/C12H24N2/c1-9-6-11(4-5-13-9)14-8-10-7-12(10,2)3/h9-11,13-14H,4-8H2,1-3H3. The summed E-state index contributed by atoms with van der Waals surface area (Å²) in [5.41, 5.74) is 0.630. The largest absolute Gasteiger partial charge is 0.314 e. The Kier molecular flexibility index (Phi) is 2.85. The van der Waals surface area contributed by atoms with Gasteiger partial charge in [-0.05, 0) is 50.6 Å². The van der Waals surface area contributed by atoms with E-state index in [0.29, 0.717) is 11.5 Å². The molecule has 2 aliphatic rings. The van der Waals surface area contributed by atoms with Crippen molar-refractivity contribution in [2.24, 2.45) is 11.3 Å². The number of rotatable bonds is 3. The molecule has 2 heteroatoms. The van der Waals surface area contributed by atoms with Crippen LogP contribution in [-0.2, 0) is 0 Å².